The first-order valence-electron chi connectivity index (χ1n) is 8.58. The van der Waals surface area contributed by atoms with E-state index in [1.807, 2.05) is 20.8 Å². The average Bonchev–Trinajstić information content (AvgIpc) is 2.51. The minimum Gasteiger partial charge on any atom is -0.444 e. The molecule has 0 bridgehead atoms. The van der Waals surface area contributed by atoms with Gasteiger partial charge in [0, 0.05) is 39.5 Å². The van der Waals surface area contributed by atoms with E-state index in [9.17, 15) is 4.79 Å². The highest BCUT2D eigenvalue weighted by atomic mass is 16.6. The third-order valence-electron chi connectivity index (χ3n) is 3.69. The number of carbonyl (C=O) groups is 1. The molecule has 1 aromatic carbocycles. The van der Waals surface area contributed by atoms with Gasteiger partial charge in [-0.25, -0.2) is 4.79 Å². The van der Waals surface area contributed by atoms with Gasteiger partial charge in [0.1, 0.15) is 5.60 Å². The molecule has 1 rings (SSSR count). The Morgan fingerprint density at radius 1 is 1.08 bits per heavy atom. The van der Waals surface area contributed by atoms with Crippen LogP contribution in [0, 0.1) is 0 Å². The van der Waals surface area contributed by atoms with Gasteiger partial charge in [-0.15, -0.1) is 0 Å². The van der Waals surface area contributed by atoms with Gasteiger partial charge in [-0.05, 0) is 57.7 Å². The standard InChI is InChI=1S/C19H32N2O3/c1-19(2,3)24-18(23)21(5)14-7-13-20(4)17-11-9-16(10-12-17)8-6-15-22/h9-12,22H,6-8,13-15H2,1-5H3. The molecule has 0 aliphatic rings. The molecule has 0 spiro atoms. The zero-order chi connectivity index (χ0) is 18.2. The number of benzene rings is 1. The predicted octanol–water partition coefficient (Wildman–Crippen LogP) is 3.30. The van der Waals surface area contributed by atoms with Gasteiger partial charge < -0.3 is 19.6 Å². The number of hydrogen-bond donors (Lipinski definition) is 1. The van der Waals surface area contributed by atoms with Gasteiger partial charge in [0.05, 0.1) is 0 Å². The van der Waals surface area contributed by atoms with Crippen molar-refractivity contribution in [1.82, 2.24) is 4.90 Å². The lowest BCUT2D eigenvalue weighted by molar-refractivity contribution is 0.0298. The third-order valence-corrected chi connectivity index (χ3v) is 3.69. The number of aliphatic hydroxyl groups is 1. The van der Waals surface area contributed by atoms with Gasteiger partial charge in [-0.3, -0.25) is 0 Å². The molecule has 0 aromatic heterocycles. The van der Waals surface area contributed by atoms with Gasteiger partial charge in [0.2, 0.25) is 0 Å². The van der Waals surface area contributed by atoms with Crippen LogP contribution < -0.4 is 4.90 Å². The lowest BCUT2D eigenvalue weighted by Crippen LogP contribution is -2.35. The molecule has 1 N–H and O–H groups in total. The molecular weight excluding hydrogens is 304 g/mol. The molecule has 0 saturated heterocycles. The second-order valence-electron chi connectivity index (χ2n) is 7.17. The highest BCUT2D eigenvalue weighted by molar-refractivity contribution is 5.67. The summed E-state index contributed by atoms with van der Waals surface area (Å²) in [6.07, 6.45) is 2.30. The number of amides is 1. The molecule has 1 aromatic rings. The first kappa shape index (κ1) is 20.3. The summed E-state index contributed by atoms with van der Waals surface area (Å²) in [6.45, 7) is 7.37. The number of aliphatic hydroxyl groups excluding tert-OH is 1. The molecule has 5 nitrogen and oxygen atoms in total. The topological polar surface area (TPSA) is 53.0 Å². The molecule has 0 fully saturated rings. The molecule has 0 aliphatic carbocycles. The predicted molar refractivity (Wildman–Crippen MR) is 98.6 cm³/mol. The van der Waals surface area contributed by atoms with Crippen LogP contribution in [0.25, 0.3) is 0 Å². The van der Waals surface area contributed by atoms with Crippen molar-refractivity contribution in [3.63, 3.8) is 0 Å². The van der Waals surface area contributed by atoms with Crippen LogP contribution in [0.1, 0.15) is 39.2 Å². The van der Waals surface area contributed by atoms with E-state index < -0.39 is 5.60 Å². The van der Waals surface area contributed by atoms with E-state index >= 15 is 0 Å². The fraction of sp³-hybridized carbons (Fsp3) is 0.632. The SMILES string of the molecule is CN(CCCN(C)c1ccc(CCCO)cc1)C(=O)OC(C)(C)C. The summed E-state index contributed by atoms with van der Waals surface area (Å²) in [5.41, 5.74) is 1.94. The number of hydrogen-bond acceptors (Lipinski definition) is 4. The fourth-order valence-electron chi connectivity index (χ4n) is 2.31. The van der Waals surface area contributed by atoms with Gasteiger partial charge in [0.25, 0.3) is 0 Å². The molecule has 0 aliphatic heterocycles. The van der Waals surface area contributed by atoms with Crippen molar-refractivity contribution >= 4 is 11.8 Å². The lowest BCUT2D eigenvalue weighted by atomic mass is 10.1. The second-order valence-corrected chi connectivity index (χ2v) is 7.17. The third kappa shape index (κ3) is 7.68. The smallest absolute Gasteiger partial charge is 0.410 e. The Bertz CT molecular complexity index is 494. The Labute approximate surface area is 146 Å². The fourth-order valence-corrected chi connectivity index (χ4v) is 2.31. The van der Waals surface area contributed by atoms with E-state index in [0.717, 1.165) is 31.5 Å². The molecule has 1 amide bonds. The highest BCUT2D eigenvalue weighted by Gasteiger charge is 2.19. The normalized spacial score (nSPS) is 11.2. The van der Waals surface area contributed by atoms with Gasteiger partial charge in [-0.2, -0.15) is 0 Å². The Kier molecular flexibility index (Phi) is 8.05. The summed E-state index contributed by atoms with van der Waals surface area (Å²) >= 11 is 0. The maximum absolute atomic E-state index is 11.9. The number of ether oxygens (including phenoxy) is 1. The van der Waals surface area contributed by atoms with Crippen molar-refractivity contribution in [2.24, 2.45) is 0 Å². The minimum atomic E-state index is -0.458. The molecule has 0 atom stereocenters. The largest absolute Gasteiger partial charge is 0.444 e. The second kappa shape index (κ2) is 9.52. The summed E-state index contributed by atoms with van der Waals surface area (Å²) in [5, 5.41) is 8.87. The number of rotatable bonds is 8. The number of anilines is 1. The lowest BCUT2D eigenvalue weighted by Gasteiger charge is -2.25. The average molecular weight is 336 g/mol. The summed E-state index contributed by atoms with van der Waals surface area (Å²) in [7, 11) is 3.82. The highest BCUT2D eigenvalue weighted by Crippen LogP contribution is 2.15. The van der Waals surface area contributed by atoms with Gasteiger partial charge in [0.15, 0.2) is 0 Å². The molecule has 0 unspecified atom stereocenters. The maximum atomic E-state index is 11.9. The van der Waals surface area contributed by atoms with Crippen LogP contribution in [0.2, 0.25) is 0 Å². The van der Waals surface area contributed by atoms with Crippen LogP contribution in [-0.4, -0.2) is 55.5 Å². The zero-order valence-electron chi connectivity index (χ0n) is 15.7. The molecule has 5 heteroatoms. The van der Waals surface area contributed by atoms with Crippen LogP contribution in [0.5, 0.6) is 0 Å². The summed E-state index contributed by atoms with van der Waals surface area (Å²) in [6, 6.07) is 8.41. The molecule has 136 valence electrons. The van der Waals surface area contributed by atoms with Crippen molar-refractivity contribution in [3.8, 4) is 0 Å². The Morgan fingerprint density at radius 3 is 2.25 bits per heavy atom. The number of carbonyl (C=O) groups excluding carboxylic acids is 1. The summed E-state index contributed by atoms with van der Waals surface area (Å²) < 4.78 is 5.34. The maximum Gasteiger partial charge on any atom is 0.410 e. The Morgan fingerprint density at radius 2 is 1.71 bits per heavy atom. The zero-order valence-corrected chi connectivity index (χ0v) is 15.7. The van der Waals surface area contributed by atoms with E-state index in [4.69, 9.17) is 9.84 Å². The van der Waals surface area contributed by atoms with Crippen molar-refractivity contribution in [1.29, 1.82) is 0 Å². The van der Waals surface area contributed by atoms with Crippen molar-refractivity contribution in [2.45, 2.75) is 45.6 Å². The van der Waals surface area contributed by atoms with Crippen LogP contribution in [0.15, 0.2) is 24.3 Å². The van der Waals surface area contributed by atoms with E-state index in [1.54, 1.807) is 11.9 Å². The molecular formula is C19H32N2O3. The monoisotopic (exact) mass is 336 g/mol. The van der Waals surface area contributed by atoms with Crippen LogP contribution in [0.4, 0.5) is 10.5 Å². The van der Waals surface area contributed by atoms with E-state index in [1.165, 1.54) is 5.56 Å². The van der Waals surface area contributed by atoms with Crippen molar-refractivity contribution < 1.29 is 14.6 Å². The summed E-state index contributed by atoms with van der Waals surface area (Å²) in [4.78, 5) is 15.7. The van der Waals surface area contributed by atoms with Gasteiger partial charge in [-0.1, -0.05) is 12.1 Å². The van der Waals surface area contributed by atoms with Crippen LogP contribution in [-0.2, 0) is 11.2 Å². The van der Waals surface area contributed by atoms with E-state index in [2.05, 4.69) is 36.2 Å². The first-order valence-corrected chi connectivity index (χ1v) is 8.58. The quantitative estimate of drug-likeness (QED) is 0.791. The van der Waals surface area contributed by atoms with E-state index in [0.29, 0.717) is 6.54 Å². The van der Waals surface area contributed by atoms with E-state index in [-0.39, 0.29) is 12.7 Å². The molecule has 24 heavy (non-hydrogen) atoms. The van der Waals surface area contributed by atoms with Crippen LogP contribution in [0.3, 0.4) is 0 Å². The summed E-state index contributed by atoms with van der Waals surface area (Å²) in [5.74, 6) is 0. The minimum absolute atomic E-state index is 0.229. The number of aryl methyl sites for hydroxylation is 1. The van der Waals surface area contributed by atoms with Gasteiger partial charge >= 0.3 is 6.09 Å². The molecule has 0 radical (unpaired) electrons. The molecule has 0 saturated carbocycles. The van der Waals surface area contributed by atoms with Crippen LogP contribution >= 0.6 is 0 Å². The first-order chi connectivity index (χ1) is 11.2. The Hall–Kier alpha value is -1.75. The number of nitrogens with zero attached hydrogens (tertiary/aromatic N) is 2. The molecule has 0 heterocycles. The van der Waals surface area contributed by atoms with Crippen molar-refractivity contribution in [3.05, 3.63) is 29.8 Å². The van der Waals surface area contributed by atoms with Crippen molar-refractivity contribution in [2.75, 3.05) is 38.7 Å². The Balaban J connectivity index is 2.37.